The summed E-state index contributed by atoms with van der Waals surface area (Å²) in [6, 6.07) is 10.9. The lowest BCUT2D eigenvalue weighted by atomic mass is 10.1. The van der Waals surface area contributed by atoms with E-state index in [2.05, 4.69) is 15.2 Å². The maximum Gasteiger partial charge on any atom is 0.260 e. The Morgan fingerprint density at radius 3 is 2.72 bits per heavy atom. The number of nitrogens with one attached hydrogen (secondary N) is 1. The van der Waals surface area contributed by atoms with Crippen LogP contribution in [0.1, 0.15) is 34.1 Å². The second-order valence-electron chi connectivity index (χ2n) is 7.47. The maximum absolute atomic E-state index is 13.0. The number of fused-ring (bicyclic) bond motifs is 1. The predicted molar refractivity (Wildman–Crippen MR) is 110 cm³/mol. The van der Waals surface area contributed by atoms with Crippen LogP contribution in [-0.4, -0.2) is 61.1 Å². The summed E-state index contributed by atoms with van der Waals surface area (Å²) in [5, 5.41) is 3.00. The lowest BCUT2D eigenvalue weighted by molar-refractivity contribution is -0.121. The highest BCUT2D eigenvalue weighted by molar-refractivity contribution is 6.11. The molecule has 0 spiro atoms. The third-order valence-electron chi connectivity index (χ3n) is 5.46. The van der Waals surface area contributed by atoms with E-state index in [1.807, 2.05) is 31.2 Å². The number of benzene rings is 1. The number of hydrogen-bond donors (Lipinski definition) is 1. The second-order valence-corrected chi connectivity index (χ2v) is 7.47. The van der Waals surface area contributed by atoms with Crippen molar-refractivity contribution in [3.05, 3.63) is 59.4 Å². The van der Waals surface area contributed by atoms with Crippen molar-refractivity contribution >= 4 is 17.5 Å². The monoisotopic (exact) mass is 394 g/mol. The van der Waals surface area contributed by atoms with Crippen LogP contribution >= 0.6 is 0 Å². The molecule has 0 bridgehead atoms. The maximum atomic E-state index is 13.0. The Kier molecular flexibility index (Phi) is 5.87. The van der Waals surface area contributed by atoms with Gasteiger partial charge in [-0.05, 0) is 31.2 Å². The first-order valence-corrected chi connectivity index (χ1v) is 10.1. The lowest BCUT2D eigenvalue weighted by Gasteiger charge is -2.27. The molecule has 0 unspecified atom stereocenters. The number of ether oxygens (including phenoxy) is 1. The fourth-order valence-electron chi connectivity index (χ4n) is 3.87. The zero-order valence-electron chi connectivity index (χ0n) is 16.6. The summed E-state index contributed by atoms with van der Waals surface area (Å²) in [6.07, 6.45) is 1.86. The van der Waals surface area contributed by atoms with E-state index < -0.39 is 6.04 Å². The number of hydrogen-bond acceptors (Lipinski definition) is 5. The molecule has 1 atom stereocenters. The minimum absolute atomic E-state index is 0.0772. The first-order valence-electron chi connectivity index (χ1n) is 10.1. The average molecular weight is 394 g/mol. The van der Waals surface area contributed by atoms with E-state index >= 15 is 0 Å². The van der Waals surface area contributed by atoms with Crippen molar-refractivity contribution in [2.75, 3.05) is 44.3 Å². The van der Waals surface area contributed by atoms with Crippen LogP contribution in [0.25, 0.3) is 0 Å². The van der Waals surface area contributed by atoms with Crippen molar-refractivity contribution in [3.63, 3.8) is 0 Å². The van der Waals surface area contributed by atoms with Crippen LogP contribution in [0.5, 0.6) is 0 Å². The molecule has 1 aromatic heterocycles. The number of rotatable bonds is 6. The number of amides is 2. The summed E-state index contributed by atoms with van der Waals surface area (Å²) in [7, 11) is 0. The minimum Gasteiger partial charge on any atom is -0.379 e. The summed E-state index contributed by atoms with van der Waals surface area (Å²) in [4.78, 5) is 34.1. The number of aromatic nitrogens is 1. The fraction of sp³-hybridized carbons (Fsp3) is 0.409. The number of anilines is 1. The first-order chi connectivity index (χ1) is 14.1. The van der Waals surface area contributed by atoms with Crippen molar-refractivity contribution in [2.45, 2.75) is 19.4 Å². The van der Waals surface area contributed by atoms with Gasteiger partial charge < -0.3 is 10.1 Å². The van der Waals surface area contributed by atoms with Crippen LogP contribution in [0.3, 0.4) is 0 Å². The van der Waals surface area contributed by atoms with Gasteiger partial charge in [0.1, 0.15) is 0 Å². The Hall–Kier alpha value is -2.77. The molecule has 152 valence electrons. The molecule has 0 aliphatic carbocycles. The van der Waals surface area contributed by atoms with Gasteiger partial charge in [-0.1, -0.05) is 17.7 Å². The molecular weight excluding hydrogens is 368 g/mol. The normalized spacial score (nSPS) is 19.3. The molecule has 2 aliphatic rings. The Balaban J connectivity index is 1.46. The predicted octanol–water partition coefficient (Wildman–Crippen LogP) is 1.93. The Morgan fingerprint density at radius 1 is 1.21 bits per heavy atom. The van der Waals surface area contributed by atoms with Gasteiger partial charge in [0.2, 0.25) is 5.91 Å². The van der Waals surface area contributed by atoms with Crippen LogP contribution in [0, 0.1) is 6.92 Å². The Bertz CT molecular complexity index is 878. The zero-order chi connectivity index (χ0) is 20.2. The molecule has 4 rings (SSSR count). The van der Waals surface area contributed by atoms with Gasteiger partial charge in [0, 0.05) is 38.1 Å². The van der Waals surface area contributed by atoms with E-state index in [9.17, 15) is 9.59 Å². The molecule has 2 aliphatic heterocycles. The van der Waals surface area contributed by atoms with Gasteiger partial charge in [0.15, 0.2) is 0 Å². The van der Waals surface area contributed by atoms with Gasteiger partial charge in [-0.15, -0.1) is 0 Å². The summed E-state index contributed by atoms with van der Waals surface area (Å²) in [5.74, 6) is -0.185. The molecule has 0 saturated carbocycles. The third kappa shape index (κ3) is 4.31. The van der Waals surface area contributed by atoms with Gasteiger partial charge in [-0.25, -0.2) is 0 Å². The summed E-state index contributed by atoms with van der Waals surface area (Å²) >= 11 is 0. The van der Waals surface area contributed by atoms with Crippen molar-refractivity contribution in [2.24, 2.45) is 0 Å². The largest absolute Gasteiger partial charge is 0.379 e. The van der Waals surface area contributed by atoms with Crippen LogP contribution in [0.2, 0.25) is 0 Å². The number of nitrogens with zero attached hydrogens (tertiary/aromatic N) is 3. The van der Waals surface area contributed by atoms with Gasteiger partial charge in [0.25, 0.3) is 5.91 Å². The highest BCUT2D eigenvalue weighted by atomic mass is 16.5. The summed E-state index contributed by atoms with van der Waals surface area (Å²) in [5.41, 5.74) is 3.14. The van der Waals surface area contributed by atoms with Gasteiger partial charge >= 0.3 is 0 Å². The molecule has 1 fully saturated rings. The molecule has 1 aromatic carbocycles. The van der Waals surface area contributed by atoms with Crippen LogP contribution in [0.4, 0.5) is 5.69 Å². The van der Waals surface area contributed by atoms with E-state index in [1.54, 1.807) is 23.2 Å². The average Bonchev–Trinajstić information content (AvgIpc) is 3.01. The lowest BCUT2D eigenvalue weighted by Crippen LogP contribution is -2.42. The highest BCUT2D eigenvalue weighted by Gasteiger charge is 2.39. The number of carbonyl (C=O) groups is 2. The molecule has 29 heavy (non-hydrogen) atoms. The van der Waals surface area contributed by atoms with Crippen LogP contribution < -0.4 is 10.2 Å². The Labute approximate surface area is 170 Å². The van der Waals surface area contributed by atoms with E-state index in [-0.39, 0.29) is 18.2 Å². The fourth-order valence-corrected chi connectivity index (χ4v) is 3.87. The number of morpholine rings is 1. The molecule has 3 heterocycles. The van der Waals surface area contributed by atoms with Gasteiger partial charge in [0.05, 0.1) is 36.9 Å². The zero-order valence-corrected chi connectivity index (χ0v) is 16.6. The highest BCUT2D eigenvalue weighted by Crippen LogP contribution is 2.38. The Morgan fingerprint density at radius 2 is 1.97 bits per heavy atom. The molecule has 1 saturated heterocycles. The van der Waals surface area contributed by atoms with Crippen LogP contribution in [-0.2, 0) is 9.53 Å². The molecule has 1 N–H and O–H groups in total. The van der Waals surface area contributed by atoms with Crippen molar-refractivity contribution in [3.8, 4) is 0 Å². The molecule has 7 heteroatoms. The van der Waals surface area contributed by atoms with E-state index in [4.69, 9.17) is 4.74 Å². The molecule has 7 nitrogen and oxygen atoms in total. The quantitative estimate of drug-likeness (QED) is 0.810. The molecule has 2 aromatic rings. The summed E-state index contributed by atoms with van der Waals surface area (Å²) < 4.78 is 5.35. The van der Waals surface area contributed by atoms with Crippen LogP contribution in [0.15, 0.2) is 42.6 Å². The third-order valence-corrected chi connectivity index (χ3v) is 5.46. The van der Waals surface area contributed by atoms with Crippen molar-refractivity contribution < 1.29 is 14.3 Å². The van der Waals surface area contributed by atoms with E-state index in [0.717, 1.165) is 44.1 Å². The van der Waals surface area contributed by atoms with Gasteiger partial charge in [-0.3, -0.25) is 24.4 Å². The van der Waals surface area contributed by atoms with E-state index in [1.165, 1.54) is 0 Å². The smallest absolute Gasteiger partial charge is 0.260 e. The molecular formula is C22H26N4O3. The summed E-state index contributed by atoms with van der Waals surface area (Å²) in [6.45, 7) is 6.66. The topological polar surface area (TPSA) is 74.8 Å². The first kappa shape index (κ1) is 19.5. The van der Waals surface area contributed by atoms with E-state index in [0.29, 0.717) is 17.8 Å². The molecule has 0 radical (unpaired) electrons. The van der Waals surface area contributed by atoms with Crippen molar-refractivity contribution in [1.82, 2.24) is 15.2 Å². The number of aryl methyl sites for hydroxylation is 1. The minimum atomic E-state index is -0.398. The standard InChI is InChI=1S/C22H26N4O3/c1-16-4-6-17(7-5-16)26-19(21-18(22(26)28)3-2-8-24-21)15-20(27)23-9-10-25-11-13-29-14-12-25/h2-8,19H,9-15H2,1H3,(H,23,27)/t19-/m1/s1. The number of pyridine rings is 1. The van der Waals surface area contributed by atoms with Gasteiger partial charge in [-0.2, -0.15) is 0 Å². The second kappa shape index (κ2) is 8.71. The SMILES string of the molecule is Cc1ccc(N2C(=O)c3cccnc3[C@H]2CC(=O)NCCN2CCOCC2)cc1. The molecule has 2 amide bonds. The van der Waals surface area contributed by atoms with Crippen molar-refractivity contribution in [1.29, 1.82) is 0 Å². The number of carbonyl (C=O) groups excluding carboxylic acids is 2.